The van der Waals surface area contributed by atoms with Crippen LogP contribution in [0.3, 0.4) is 0 Å². The van der Waals surface area contributed by atoms with Crippen LogP contribution in [0.5, 0.6) is 0 Å². The number of hydrogen-bond donors (Lipinski definition) is 1. The molecule has 0 aliphatic rings. The van der Waals surface area contributed by atoms with Crippen molar-refractivity contribution in [2.45, 2.75) is 56.6 Å². The Morgan fingerprint density at radius 2 is 1.84 bits per heavy atom. The molecule has 4 aromatic rings. The van der Waals surface area contributed by atoms with Gasteiger partial charge in [-0.3, -0.25) is 0 Å². The Bertz CT molecular complexity index is 1370. The van der Waals surface area contributed by atoms with E-state index in [1.165, 1.54) is 10.2 Å². The zero-order valence-corrected chi connectivity index (χ0v) is 21.2. The van der Waals surface area contributed by atoms with Gasteiger partial charge in [-0.15, -0.1) is 0 Å². The molecule has 0 radical (unpaired) electrons. The normalized spacial score (nSPS) is 14.3. The predicted molar refractivity (Wildman–Crippen MR) is 130 cm³/mol. The van der Waals surface area contributed by atoms with Crippen LogP contribution < -0.4 is 0 Å². The van der Waals surface area contributed by atoms with Crippen molar-refractivity contribution in [2.75, 3.05) is 6.61 Å². The molecule has 1 N–H and O–H groups in total. The first-order valence-corrected chi connectivity index (χ1v) is 15.1. The maximum atomic E-state index is 13.1. The van der Waals surface area contributed by atoms with E-state index < -0.39 is 18.3 Å². The molecule has 0 bridgehead atoms. The summed E-state index contributed by atoms with van der Waals surface area (Å²) in [6.07, 6.45) is 3.18. The van der Waals surface area contributed by atoms with Gasteiger partial charge in [0, 0.05) is 24.1 Å². The highest BCUT2D eigenvalue weighted by atomic mass is 32.2. The summed E-state index contributed by atoms with van der Waals surface area (Å²) in [5.41, 5.74) is 1.86. The van der Waals surface area contributed by atoms with Crippen molar-refractivity contribution in [3.63, 3.8) is 0 Å². The van der Waals surface area contributed by atoms with Gasteiger partial charge in [-0.25, -0.2) is 22.4 Å². The molecule has 0 saturated heterocycles. The number of hydrogen-bond acceptors (Lipinski definition) is 5. The molecule has 4 rings (SSSR count). The molecule has 9 heteroatoms. The van der Waals surface area contributed by atoms with E-state index in [1.807, 2.05) is 0 Å². The standard InChI is InChI=1S/C23H30N4O3SSi/c1-16(15-30-32(5,6)23(2,3)4)21-25-19-14-24-22-18(20(19)26-21)12-13-27(22)31(28,29)17-10-8-7-9-11-17/h7-14,16H,15H2,1-6H3,(H,25,26). The summed E-state index contributed by atoms with van der Waals surface area (Å²) in [5.74, 6) is 0.883. The summed E-state index contributed by atoms with van der Waals surface area (Å²) >= 11 is 0. The smallest absolute Gasteiger partial charge is 0.269 e. The van der Waals surface area contributed by atoms with Crippen LogP contribution in [0.4, 0.5) is 0 Å². The molecular weight excluding hydrogens is 440 g/mol. The molecule has 0 aliphatic heterocycles. The van der Waals surface area contributed by atoms with E-state index in [-0.39, 0.29) is 15.9 Å². The zero-order chi connectivity index (χ0) is 23.3. The molecule has 32 heavy (non-hydrogen) atoms. The largest absolute Gasteiger partial charge is 0.416 e. The Morgan fingerprint density at radius 3 is 2.50 bits per heavy atom. The SMILES string of the molecule is CC(CO[Si](C)(C)C(C)(C)C)c1nc2c(cnc3c2ccn3S(=O)(=O)c2ccccc2)[nH]1. The molecule has 0 spiro atoms. The molecule has 1 aromatic carbocycles. The summed E-state index contributed by atoms with van der Waals surface area (Å²) in [4.78, 5) is 12.8. The van der Waals surface area contributed by atoms with Gasteiger partial charge in [0.1, 0.15) is 11.3 Å². The van der Waals surface area contributed by atoms with Gasteiger partial charge in [0.2, 0.25) is 0 Å². The maximum absolute atomic E-state index is 13.1. The minimum Gasteiger partial charge on any atom is -0.416 e. The zero-order valence-electron chi connectivity index (χ0n) is 19.4. The molecule has 1 unspecified atom stereocenters. The van der Waals surface area contributed by atoms with Crippen LogP contribution in [0.1, 0.15) is 39.4 Å². The summed E-state index contributed by atoms with van der Waals surface area (Å²) < 4.78 is 33.8. The third-order valence-corrected chi connectivity index (χ3v) is 12.6. The van der Waals surface area contributed by atoms with Crippen molar-refractivity contribution in [3.8, 4) is 0 Å². The Labute approximate surface area is 190 Å². The van der Waals surface area contributed by atoms with Crippen molar-refractivity contribution in [3.05, 3.63) is 54.6 Å². The molecule has 7 nitrogen and oxygen atoms in total. The van der Waals surface area contributed by atoms with E-state index >= 15 is 0 Å². The van der Waals surface area contributed by atoms with Crippen LogP contribution in [0, 0.1) is 0 Å². The Morgan fingerprint density at radius 1 is 1.16 bits per heavy atom. The van der Waals surface area contributed by atoms with Crippen LogP contribution in [0.25, 0.3) is 22.1 Å². The summed E-state index contributed by atoms with van der Waals surface area (Å²) in [6, 6.07) is 10.1. The maximum Gasteiger partial charge on any atom is 0.269 e. The van der Waals surface area contributed by atoms with Gasteiger partial charge in [-0.1, -0.05) is 45.9 Å². The first-order chi connectivity index (χ1) is 14.9. The Kier molecular flexibility index (Phi) is 5.55. The van der Waals surface area contributed by atoms with E-state index in [0.717, 1.165) is 11.3 Å². The van der Waals surface area contributed by atoms with Crippen LogP contribution in [-0.2, 0) is 14.4 Å². The minimum absolute atomic E-state index is 0.0710. The lowest BCUT2D eigenvalue weighted by Crippen LogP contribution is -2.41. The molecular formula is C23H30N4O3SSi. The second-order valence-electron chi connectivity index (χ2n) is 9.78. The second-order valence-corrected chi connectivity index (χ2v) is 16.4. The fourth-order valence-corrected chi connectivity index (χ4v) is 5.73. The first-order valence-electron chi connectivity index (χ1n) is 10.7. The van der Waals surface area contributed by atoms with Gasteiger partial charge in [0.05, 0.1) is 16.6 Å². The average Bonchev–Trinajstić information content (AvgIpc) is 3.36. The molecule has 3 heterocycles. The highest BCUT2D eigenvalue weighted by Crippen LogP contribution is 2.37. The first kappa shape index (κ1) is 22.7. The number of benzene rings is 1. The Hall–Kier alpha value is -2.49. The van der Waals surface area contributed by atoms with E-state index in [1.54, 1.807) is 42.6 Å². The molecule has 0 amide bonds. The van der Waals surface area contributed by atoms with Crippen molar-refractivity contribution in [1.29, 1.82) is 0 Å². The fourth-order valence-electron chi connectivity index (χ4n) is 3.31. The molecule has 0 saturated carbocycles. The van der Waals surface area contributed by atoms with E-state index in [4.69, 9.17) is 9.41 Å². The lowest BCUT2D eigenvalue weighted by atomic mass is 10.2. The topological polar surface area (TPSA) is 89.9 Å². The number of nitrogens with one attached hydrogen (secondary N) is 1. The minimum atomic E-state index is -3.74. The second kappa shape index (κ2) is 7.82. The van der Waals surface area contributed by atoms with Gasteiger partial charge in [0.15, 0.2) is 14.0 Å². The third-order valence-electron chi connectivity index (χ3n) is 6.41. The van der Waals surface area contributed by atoms with Crippen molar-refractivity contribution < 1.29 is 12.8 Å². The molecule has 0 aliphatic carbocycles. The van der Waals surface area contributed by atoms with E-state index in [0.29, 0.717) is 23.2 Å². The highest BCUT2D eigenvalue weighted by Gasteiger charge is 2.37. The van der Waals surface area contributed by atoms with Gasteiger partial charge in [0.25, 0.3) is 10.0 Å². The van der Waals surface area contributed by atoms with Crippen LogP contribution in [0.2, 0.25) is 18.1 Å². The Balaban J connectivity index is 1.68. The average molecular weight is 471 g/mol. The lowest BCUT2D eigenvalue weighted by Gasteiger charge is -2.36. The van der Waals surface area contributed by atoms with Crippen molar-refractivity contribution in [2.24, 2.45) is 0 Å². The third kappa shape index (κ3) is 3.89. The van der Waals surface area contributed by atoms with Gasteiger partial charge in [-0.2, -0.15) is 0 Å². The van der Waals surface area contributed by atoms with Crippen LogP contribution >= 0.6 is 0 Å². The van der Waals surface area contributed by atoms with E-state index in [9.17, 15) is 8.42 Å². The molecule has 3 aromatic heterocycles. The monoisotopic (exact) mass is 470 g/mol. The predicted octanol–water partition coefficient (Wildman–Crippen LogP) is 5.27. The highest BCUT2D eigenvalue weighted by molar-refractivity contribution is 7.90. The number of H-pyrrole nitrogens is 1. The number of aromatic nitrogens is 4. The quantitative estimate of drug-likeness (QED) is 0.388. The lowest BCUT2D eigenvalue weighted by molar-refractivity contribution is 0.266. The summed E-state index contributed by atoms with van der Waals surface area (Å²) in [7, 11) is -5.60. The van der Waals surface area contributed by atoms with Crippen LogP contribution in [-0.4, -0.2) is 42.3 Å². The summed E-state index contributed by atoms with van der Waals surface area (Å²) in [6.45, 7) is 13.8. The van der Waals surface area contributed by atoms with Gasteiger partial charge >= 0.3 is 0 Å². The number of nitrogens with zero attached hydrogens (tertiary/aromatic N) is 3. The van der Waals surface area contributed by atoms with Gasteiger partial charge in [-0.05, 0) is 36.3 Å². The van der Waals surface area contributed by atoms with Crippen LogP contribution in [0.15, 0.2) is 53.7 Å². The molecule has 170 valence electrons. The van der Waals surface area contributed by atoms with E-state index in [2.05, 4.69) is 50.8 Å². The number of fused-ring (bicyclic) bond motifs is 3. The molecule has 1 atom stereocenters. The van der Waals surface area contributed by atoms with Gasteiger partial charge < -0.3 is 9.41 Å². The number of imidazole rings is 1. The number of aromatic amines is 1. The molecule has 0 fully saturated rings. The summed E-state index contributed by atoms with van der Waals surface area (Å²) in [5, 5.41) is 0.839. The number of pyridine rings is 1. The fraction of sp³-hybridized carbons (Fsp3) is 0.391. The van der Waals surface area contributed by atoms with Crippen molar-refractivity contribution in [1.82, 2.24) is 18.9 Å². The number of rotatable bonds is 6. The van der Waals surface area contributed by atoms with Crippen molar-refractivity contribution >= 4 is 40.4 Å².